The minimum atomic E-state index is 0.394. The molecule has 1 saturated carbocycles. The fourth-order valence-electron chi connectivity index (χ4n) is 2.86. The van der Waals surface area contributed by atoms with E-state index in [9.17, 15) is 0 Å². The van der Waals surface area contributed by atoms with E-state index in [0.29, 0.717) is 12.1 Å². The highest BCUT2D eigenvalue weighted by molar-refractivity contribution is 7.99. The Morgan fingerprint density at radius 3 is 2.83 bits per heavy atom. The SMILES string of the molecule is CCSC1CCC(NC(C)c2nc(C)sc2C)C1. The van der Waals surface area contributed by atoms with Crippen LogP contribution in [0.5, 0.6) is 0 Å². The molecule has 3 unspecified atom stereocenters. The number of nitrogens with one attached hydrogen (secondary N) is 1. The highest BCUT2D eigenvalue weighted by Gasteiger charge is 2.26. The molecule has 0 saturated heterocycles. The Morgan fingerprint density at radius 2 is 2.22 bits per heavy atom. The molecule has 1 aliphatic rings. The van der Waals surface area contributed by atoms with E-state index in [2.05, 4.69) is 49.8 Å². The second-order valence-corrected chi connectivity index (χ2v) is 8.13. The third kappa shape index (κ3) is 3.49. The van der Waals surface area contributed by atoms with E-state index in [1.54, 1.807) is 0 Å². The predicted octanol–water partition coefficient (Wildman–Crippen LogP) is 4.08. The molecule has 1 heterocycles. The van der Waals surface area contributed by atoms with Crippen LogP contribution in [0.4, 0.5) is 0 Å². The first-order valence-electron chi connectivity index (χ1n) is 6.91. The largest absolute Gasteiger partial charge is 0.306 e. The van der Waals surface area contributed by atoms with Crippen molar-refractivity contribution in [3.05, 3.63) is 15.6 Å². The number of nitrogens with zero attached hydrogens (tertiary/aromatic N) is 1. The van der Waals surface area contributed by atoms with Gasteiger partial charge in [-0.2, -0.15) is 11.8 Å². The molecule has 0 bridgehead atoms. The van der Waals surface area contributed by atoms with E-state index in [0.717, 1.165) is 5.25 Å². The number of rotatable bonds is 5. The van der Waals surface area contributed by atoms with Crippen molar-refractivity contribution in [1.82, 2.24) is 10.3 Å². The molecule has 0 aromatic carbocycles. The molecule has 1 aromatic heterocycles. The molecular formula is C14H24N2S2. The Labute approximate surface area is 119 Å². The molecule has 0 amide bonds. The van der Waals surface area contributed by atoms with Gasteiger partial charge in [0.15, 0.2) is 0 Å². The van der Waals surface area contributed by atoms with Crippen molar-refractivity contribution < 1.29 is 0 Å². The van der Waals surface area contributed by atoms with Crippen molar-refractivity contribution in [1.29, 1.82) is 0 Å². The predicted molar refractivity (Wildman–Crippen MR) is 82.7 cm³/mol. The zero-order valence-electron chi connectivity index (χ0n) is 11.8. The van der Waals surface area contributed by atoms with Gasteiger partial charge in [0.05, 0.1) is 10.7 Å². The third-order valence-corrected chi connectivity index (χ3v) is 5.76. The molecule has 1 N–H and O–H groups in total. The van der Waals surface area contributed by atoms with Gasteiger partial charge in [-0.05, 0) is 45.8 Å². The van der Waals surface area contributed by atoms with Crippen LogP contribution < -0.4 is 5.32 Å². The number of aromatic nitrogens is 1. The average Bonchev–Trinajstić information content (AvgIpc) is 2.86. The van der Waals surface area contributed by atoms with Crippen molar-refractivity contribution >= 4 is 23.1 Å². The Balaban J connectivity index is 1.88. The summed E-state index contributed by atoms with van der Waals surface area (Å²) in [7, 11) is 0. The van der Waals surface area contributed by atoms with Gasteiger partial charge in [-0.15, -0.1) is 11.3 Å². The summed E-state index contributed by atoms with van der Waals surface area (Å²) in [6.45, 7) is 8.79. The molecule has 0 radical (unpaired) electrons. The van der Waals surface area contributed by atoms with Crippen molar-refractivity contribution in [2.75, 3.05) is 5.75 Å². The molecule has 1 fully saturated rings. The van der Waals surface area contributed by atoms with Gasteiger partial charge >= 0.3 is 0 Å². The quantitative estimate of drug-likeness (QED) is 0.881. The monoisotopic (exact) mass is 284 g/mol. The normalized spacial score (nSPS) is 25.6. The highest BCUT2D eigenvalue weighted by atomic mass is 32.2. The molecule has 18 heavy (non-hydrogen) atoms. The Kier molecular flexibility index (Phi) is 5.10. The molecule has 4 heteroatoms. The van der Waals surface area contributed by atoms with E-state index in [4.69, 9.17) is 0 Å². The molecule has 2 rings (SSSR count). The van der Waals surface area contributed by atoms with Crippen LogP contribution in [0.25, 0.3) is 0 Å². The molecular weight excluding hydrogens is 260 g/mol. The van der Waals surface area contributed by atoms with Crippen LogP contribution in [0, 0.1) is 13.8 Å². The molecule has 0 spiro atoms. The van der Waals surface area contributed by atoms with Crippen molar-refractivity contribution in [2.24, 2.45) is 0 Å². The Hall–Kier alpha value is -0.0600. The van der Waals surface area contributed by atoms with Gasteiger partial charge in [0.2, 0.25) is 0 Å². The van der Waals surface area contributed by atoms with E-state index in [-0.39, 0.29) is 0 Å². The minimum Gasteiger partial charge on any atom is -0.306 e. The van der Waals surface area contributed by atoms with Gasteiger partial charge in [-0.25, -0.2) is 4.98 Å². The maximum Gasteiger partial charge on any atom is 0.0900 e. The fraction of sp³-hybridized carbons (Fsp3) is 0.786. The maximum absolute atomic E-state index is 4.66. The summed E-state index contributed by atoms with van der Waals surface area (Å²) >= 11 is 3.93. The van der Waals surface area contributed by atoms with Crippen molar-refractivity contribution in [3.8, 4) is 0 Å². The summed E-state index contributed by atoms with van der Waals surface area (Å²) in [4.78, 5) is 6.02. The lowest BCUT2D eigenvalue weighted by Gasteiger charge is -2.19. The van der Waals surface area contributed by atoms with Gasteiger partial charge in [-0.3, -0.25) is 0 Å². The summed E-state index contributed by atoms with van der Waals surface area (Å²) in [5.74, 6) is 1.25. The van der Waals surface area contributed by atoms with Gasteiger partial charge in [0.1, 0.15) is 0 Å². The molecule has 1 aliphatic carbocycles. The number of aryl methyl sites for hydroxylation is 2. The van der Waals surface area contributed by atoms with E-state index in [1.165, 1.54) is 40.6 Å². The maximum atomic E-state index is 4.66. The number of hydrogen-bond acceptors (Lipinski definition) is 4. The lowest BCUT2D eigenvalue weighted by Crippen LogP contribution is -2.30. The zero-order chi connectivity index (χ0) is 13.1. The second kappa shape index (κ2) is 6.40. The van der Waals surface area contributed by atoms with Crippen LogP contribution in [-0.2, 0) is 0 Å². The molecule has 102 valence electrons. The summed E-state index contributed by atoms with van der Waals surface area (Å²) in [5.41, 5.74) is 1.25. The smallest absolute Gasteiger partial charge is 0.0900 e. The Bertz CT molecular complexity index is 389. The molecule has 0 aliphatic heterocycles. The van der Waals surface area contributed by atoms with Crippen molar-refractivity contribution in [3.63, 3.8) is 0 Å². The van der Waals surface area contributed by atoms with Gasteiger partial charge in [0.25, 0.3) is 0 Å². The van der Waals surface area contributed by atoms with Gasteiger partial charge in [-0.1, -0.05) is 6.92 Å². The highest BCUT2D eigenvalue weighted by Crippen LogP contribution is 2.31. The Morgan fingerprint density at radius 1 is 1.44 bits per heavy atom. The van der Waals surface area contributed by atoms with E-state index in [1.807, 2.05) is 11.3 Å². The van der Waals surface area contributed by atoms with Crippen molar-refractivity contribution in [2.45, 2.75) is 64.3 Å². The molecule has 2 nitrogen and oxygen atoms in total. The molecule has 1 aromatic rings. The first kappa shape index (κ1) is 14.4. The lowest BCUT2D eigenvalue weighted by atomic mass is 10.1. The summed E-state index contributed by atoms with van der Waals surface area (Å²) in [6.07, 6.45) is 4.02. The third-order valence-electron chi connectivity index (χ3n) is 3.62. The van der Waals surface area contributed by atoms with Crippen LogP contribution >= 0.6 is 23.1 Å². The van der Waals surface area contributed by atoms with Crippen LogP contribution in [0.3, 0.4) is 0 Å². The number of thioether (sulfide) groups is 1. The first-order valence-corrected chi connectivity index (χ1v) is 8.78. The van der Waals surface area contributed by atoms with Crippen LogP contribution in [-0.4, -0.2) is 22.0 Å². The van der Waals surface area contributed by atoms with Crippen LogP contribution in [0.2, 0.25) is 0 Å². The molecule has 3 atom stereocenters. The number of hydrogen-bond donors (Lipinski definition) is 1. The summed E-state index contributed by atoms with van der Waals surface area (Å²) in [5, 5.41) is 5.82. The van der Waals surface area contributed by atoms with Gasteiger partial charge in [0, 0.05) is 22.2 Å². The minimum absolute atomic E-state index is 0.394. The van der Waals surface area contributed by atoms with Crippen LogP contribution in [0.15, 0.2) is 0 Å². The van der Waals surface area contributed by atoms with Gasteiger partial charge < -0.3 is 5.32 Å². The number of thiazole rings is 1. The summed E-state index contributed by atoms with van der Waals surface area (Å²) in [6, 6.07) is 1.08. The summed E-state index contributed by atoms with van der Waals surface area (Å²) < 4.78 is 0. The zero-order valence-corrected chi connectivity index (χ0v) is 13.5. The van der Waals surface area contributed by atoms with E-state index >= 15 is 0 Å². The standard InChI is InChI=1S/C14H24N2S2/c1-5-17-13-7-6-12(8-13)15-9(2)14-10(3)18-11(4)16-14/h9,12-13,15H,5-8H2,1-4H3. The average molecular weight is 284 g/mol. The second-order valence-electron chi connectivity index (χ2n) is 5.15. The van der Waals surface area contributed by atoms with Crippen LogP contribution in [0.1, 0.15) is 54.7 Å². The van der Waals surface area contributed by atoms with E-state index < -0.39 is 0 Å². The lowest BCUT2D eigenvalue weighted by molar-refractivity contribution is 0.455. The first-order chi connectivity index (χ1) is 8.60. The topological polar surface area (TPSA) is 24.9 Å². The fourth-order valence-corrected chi connectivity index (χ4v) is 4.91.